The van der Waals surface area contributed by atoms with E-state index in [1.165, 1.54) is 18.9 Å². The number of hydrogen-bond donors (Lipinski definition) is 1. The molecule has 1 aliphatic carbocycles. The minimum Gasteiger partial charge on any atom is -0.329 e. The summed E-state index contributed by atoms with van der Waals surface area (Å²) in [4.78, 5) is 2.34. The summed E-state index contributed by atoms with van der Waals surface area (Å²) in [5.74, 6) is 0.598. The number of nitrogens with zero attached hydrogens (tertiary/aromatic N) is 1. The first-order chi connectivity index (χ1) is 9.02. The van der Waals surface area contributed by atoms with E-state index in [4.69, 9.17) is 5.73 Å². The molecule has 0 amide bonds. The second kappa shape index (κ2) is 6.33. The van der Waals surface area contributed by atoms with Crippen LogP contribution in [0.1, 0.15) is 38.3 Å². The van der Waals surface area contributed by atoms with Crippen LogP contribution < -0.4 is 5.73 Å². The fraction of sp³-hybridized carbons (Fsp3) is 0.600. The second-order valence-electron chi connectivity index (χ2n) is 5.65. The Hall–Kier alpha value is -0.450. The van der Waals surface area contributed by atoms with E-state index in [1.807, 2.05) is 12.1 Å². The normalized spacial score (nSPS) is 17.2. The Morgan fingerprint density at radius 2 is 2.11 bits per heavy atom. The highest BCUT2D eigenvalue weighted by molar-refractivity contribution is 9.10. The molecule has 19 heavy (non-hydrogen) atoms. The Morgan fingerprint density at radius 3 is 2.58 bits per heavy atom. The van der Waals surface area contributed by atoms with Gasteiger partial charge >= 0.3 is 0 Å². The summed E-state index contributed by atoms with van der Waals surface area (Å²) in [6.45, 7) is 5.78. The van der Waals surface area contributed by atoms with Gasteiger partial charge in [0.1, 0.15) is 5.82 Å². The van der Waals surface area contributed by atoms with Crippen molar-refractivity contribution in [2.75, 3.05) is 13.1 Å². The Kier molecular flexibility index (Phi) is 4.98. The van der Waals surface area contributed by atoms with Crippen LogP contribution in [0.5, 0.6) is 0 Å². The van der Waals surface area contributed by atoms with Gasteiger partial charge in [-0.15, -0.1) is 0 Å². The maximum absolute atomic E-state index is 14.2. The van der Waals surface area contributed by atoms with Gasteiger partial charge < -0.3 is 5.73 Å². The van der Waals surface area contributed by atoms with Crippen LogP contribution in [0.2, 0.25) is 0 Å². The van der Waals surface area contributed by atoms with Crippen LogP contribution in [0.25, 0.3) is 0 Å². The predicted octanol–water partition coefficient (Wildman–Crippen LogP) is 3.71. The number of nitrogens with two attached hydrogens (primary N) is 1. The van der Waals surface area contributed by atoms with Crippen LogP contribution in [0.3, 0.4) is 0 Å². The number of rotatable bonds is 6. The van der Waals surface area contributed by atoms with Gasteiger partial charge in [-0.05, 0) is 44.7 Å². The Balaban J connectivity index is 2.24. The van der Waals surface area contributed by atoms with Gasteiger partial charge in [-0.3, -0.25) is 4.90 Å². The van der Waals surface area contributed by atoms with E-state index in [1.54, 1.807) is 0 Å². The Labute approximate surface area is 123 Å². The maximum atomic E-state index is 14.2. The van der Waals surface area contributed by atoms with Crippen molar-refractivity contribution >= 4 is 15.9 Å². The smallest absolute Gasteiger partial charge is 0.129 e. The van der Waals surface area contributed by atoms with Gasteiger partial charge in [0.2, 0.25) is 0 Å². The van der Waals surface area contributed by atoms with Crippen molar-refractivity contribution in [3.05, 3.63) is 34.1 Å². The fourth-order valence-electron chi connectivity index (χ4n) is 2.51. The number of hydrogen-bond acceptors (Lipinski definition) is 2. The number of halogens is 2. The van der Waals surface area contributed by atoms with Gasteiger partial charge in [0, 0.05) is 29.2 Å². The van der Waals surface area contributed by atoms with Crippen molar-refractivity contribution in [2.45, 2.75) is 38.8 Å². The largest absolute Gasteiger partial charge is 0.329 e. The molecule has 2 nitrogen and oxygen atoms in total. The minimum atomic E-state index is -0.175. The average molecular weight is 329 g/mol. The van der Waals surface area contributed by atoms with E-state index >= 15 is 0 Å². The molecular weight excluding hydrogens is 307 g/mol. The van der Waals surface area contributed by atoms with E-state index in [0.29, 0.717) is 18.2 Å². The first-order valence-electron chi connectivity index (χ1n) is 6.93. The predicted molar refractivity (Wildman–Crippen MR) is 80.5 cm³/mol. The lowest BCUT2D eigenvalue weighted by molar-refractivity contribution is 0.147. The first kappa shape index (κ1) is 14.9. The highest BCUT2D eigenvalue weighted by atomic mass is 79.9. The summed E-state index contributed by atoms with van der Waals surface area (Å²) in [6.07, 6.45) is 2.59. The molecule has 2 N–H and O–H groups in total. The molecule has 0 spiro atoms. The Bertz CT molecular complexity index is 432. The van der Waals surface area contributed by atoms with Crippen LogP contribution in [-0.2, 0) is 0 Å². The van der Waals surface area contributed by atoms with Crippen molar-refractivity contribution in [2.24, 2.45) is 11.7 Å². The zero-order valence-electron chi connectivity index (χ0n) is 11.6. The van der Waals surface area contributed by atoms with E-state index in [-0.39, 0.29) is 11.9 Å². The van der Waals surface area contributed by atoms with Gasteiger partial charge in [-0.25, -0.2) is 4.39 Å². The molecule has 0 bridgehead atoms. The molecule has 1 atom stereocenters. The third-order valence-corrected chi connectivity index (χ3v) is 4.27. The van der Waals surface area contributed by atoms with Gasteiger partial charge in [0.25, 0.3) is 0 Å². The summed E-state index contributed by atoms with van der Waals surface area (Å²) in [5, 5.41) is 0. The van der Waals surface area contributed by atoms with Crippen molar-refractivity contribution in [3.63, 3.8) is 0 Å². The molecular formula is C15H22BrFN2. The average Bonchev–Trinajstić information content (AvgIpc) is 3.14. The van der Waals surface area contributed by atoms with E-state index in [0.717, 1.165) is 16.9 Å². The molecule has 0 aliphatic heterocycles. The summed E-state index contributed by atoms with van der Waals surface area (Å²) in [7, 11) is 0. The summed E-state index contributed by atoms with van der Waals surface area (Å²) in [5.41, 5.74) is 6.63. The molecule has 1 saturated carbocycles. The zero-order chi connectivity index (χ0) is 14.0. The molecule has 0 heterocycles. The lowest BCUT2D eigenvalue weighted by Crippen LogP contribution is -2.40. The van der Waals surface area contributed by atoms with Crippen molar-refractivity contribution in [3.8, 4) is 0 Å². The summed E-state index contributed by atoms with van der Waals surface area (Å²) >= 11 is 3.30. The van der Waals surface area contributed by atoms with Crippen molar-refractivity contribution < 1.29 is 4.39 Å². The van der Waals surface area contributed by atoms with Crippen LogP contribution in [0.4, 0.5) is 4.39 Å². The maximum Gasteiger partial charge on any atom is 0.129 e. The molecule has 1 unspecified atom stereocenters. The quantitative estimate of drug-likeness (QED) is 0.862. The molecule has 0 radical (unpaired) electrons. The lowest BCUT2D eigenvalue weighted by Gasteiger charge is -2.35. The fourth-order valence-corrected chi connectivity index (χ4v) is 2.84. The van der Waals surface area contributed by atoms with Gasteiger partial charge in [-0.1, -0.05) is 22.0 Å². The molecule has 0 aromatic heterocycles. The van der Waals surface area contributed by atoms with E-state index in [9.17, 15) is 4.39 Å². The highest BCUT2D eigenvalue weighted by Crippen LogP contribution is 2.34. The topological polar surface area (TPSA) is 29.3 Å². The molecule has 1 aromatic carbocycles. The van der Waals surface area contributed by atoms with Crippen LogP contribution >= 0.6 is 15.9 Å². The lowest BCUT2D eigenvalue weighted by atomic mass is 10.0. The molecule has 0 saturated heterocycles. The first-order valence-corrected chi connectivity index (χ1v) is 7.73. The van der Waals surface area contributed by atoms with E-state index < -0.39 is 0 Å². The van der Waals surface area contributed by atoms with Crippen LogP contribution in [0, 0.1) is 11.7 Å². The molecule has 4 heteroatoms. The second-order valence-corrected chi connectivity index (χ2v) is 6.57. The molecule has 1 aromatic rings. The molecule has 2 rings (SSSR count). The Morgan fingerprint density at radius 1 is 1.42 bits per heavy atom. The molecule has 106 valence electrons. The van der Waals surface area contributed by atoms with Gasteiger partial charge in [-0.2, -0.15) is 0 Å². The van der Waals surface area contributed by atoms with Crippen LogP contribution in [0.15, 0.2) is 22.7 Å². The summed E-state index contributed by atoms with van der Waals surface area (Å²) < 4.78 is 14.9. The van der Waals surface area contributed by atoms with E-state index in [2.05, 4.69) is 34.7 Å². The van der Waals surface area contributed by atoms with Gasteiger partial charge in [0.15, 0.2) is 0 Å². The monoisotopic (exact) mass is 328 g/mol. The van der Waals surface area contributed by atoms with Crippen molar-refractivity contribution in [1.82, 2.24) is 4.90 Å². The highest BCUT2D eigenvalue weighted by Gasteiger charge is 2.30. The van der Waals surface area contributed by atoms with Crippen molar-refractivity contribution in [1.29, 1.82) is 0 Å². The zero-order valence-corrected chi connectivity index (χ0v) is 13.2. The molecule has 1 fully saturated rings. The standard InChI is InChI=1S/C15H22BrFN2/c1-10(2)19(9-11-3-4-11)15(8-18)13-6-5-12(16)7-14(13)17/h5-7,10-11,15H,3-4,8-9,18H2,1-2H3. The van der Waals surface area contributed by atoms with Crippen LogP contribution in [-0.4, -0.2) is 24.0 Å². The third kappa shape index (κ3) is 3.77. The minimum absolute atomic E-state index is 0.0336. The SMILES string of the molecule is CC(C)N(CC1CC1)C(CN)c1ccc(Br)cc1F. The molecule has 1 aliphatic rings. The number of benzene rings is 1. The third-order valence-electron chi connectivity index (χ3n) is 3.77. The summed E-state index contributed by atoms with van der Waals surface area (Å²) in [6, 6.07) is 5.59. The van der Waals surface area contributed by atoms with Gasteiger partial charge in [0.05, 0.1) is 6.04 Å².